The SMILES string of the molecule is CNc1cc(Nc2cccnc2OC2CC2)nc2c(C(=O)C[C@H]3CCC[C@@H]3O)cnn12. The number of fused-ring (bicyclic) bond motifs is 1. The number of aliphatic hydroxyl groups excluding tert-OH is 1. The topological polar surface area (TPSA) is 114 Å². The number of nitrogens with zero attached hydrogens (tertiary/aromatic N) is 4. The summed E-state index contributed by atoms with van der Waals surface area (Å²) in [5, 5.41) is 20.9. The van der Waals surface area contributed by atoms with Crippen LogP contribution in [0.4, 0.5) is 17.3 Å². The molecule has 0 saturated heterocycles. The molecule has 3 heterocycles. The summed E-state index contributed by atoms with van der Waals surface area (Å²) >= 11 is 0. The first-order valence-corrected chi connectivity index (χ1v) is 10.8. The Morgan fingerprint density at radius 1 is 1.32 bits per heavy atom. The van der Waals surface area contributed by atoms with Crippen LogP contribution in [0.15, 0.2) is 30.6 Å². The first-order chi connectivity index (χ1) is 15.1. The van der Waals surface area contributed by atoms with Crippen molar-refractivity contribution in [1.29, 1.82) is 0 Å². The minimum Gasteiger partial charge on any atom is -0.473 e. The molecule has 9 nitrogen and oxygen atoms in total. The number of hydrogen-bond donors (Lipinski definition) is 3. The molecule has 0 aliphatic heterocycles. The number of nitrogens with one attached hydrogen (secondary N) is 2. The van der Waals surface area contributed by atoms with E-state index in [4.69, 9.17) is 4.74 Å². The fourth-order valence-corrected chi connectivity index (χ4v) is 4.07. The Kier molecular flexibility index (Phi) is 5.19. The van der Waals surface area contributed by atoms with Gasteiger partial charge in [-0.15, -0.1) is 0 Å². The summed E-state index contributed by atoms with van der Waals surface area (Å²) in [5.41, 5.74) is 1.65. The van der Waals surface area contributed by atoms with Gasteiger partial charge in [-0.05, 0) is 43.7 Å². The van der Waals surface area contributed by atoms with Gasteiger partial charge >= 0.3 is 0 Å². The Balaban J connectivity index is 1.46. The molecule has 0 radical (unpaired) electrons. The Morgan fingerprint density at radius 3 is 2.94 bits per heavy atom. The van der Waals surface area contributed by atoms with E-state index < -0.39 is 6.10 Å². The van der Waals surface area contributed by atoms with Gasteiger partial charge in [-0.3, -0.25) is 4.79 Å². The number of Topliss-reactive ketones (excluding diaryl/α,β-unsaturated/α-hetero) is 1. The molecule has 162 valence electrons. The van der Waals surface area contributed by atoms with E-state index in [1.807, 2.05) is 18.2 Å². The molecule has 2 aliphatic rings. The molecular formula is C22H26N6O3. The number of carbonyl (C=O) groups is 1. The number of ether oxygens (including phenoxy) is 1. The second-order valence-corrected chi connectivity index (χ2v) is 8.25. The number of aliphatic hydroxyl groups is 1. The van der Waals surface area contributed by atoms with Crippen molar-refractivity contribution in [3.05, 3.63) is 36.2 Å². The minimum absolute atomic E-state index is 0.00468. The van der Waals surface area contributed by atoms with Crippen molar-refractivity contribution in [2.45, 2.75) is 50.7 Å². The highest BCUT2D eigenvalue weighted by molar-refractivity contribution is 6.01. The van der Waals surface area contributed by atoms with Crippen LogP contribution in [0.25, 0.3) is 5.65 Å². The van der Waals surface area contributed by atoms with Crippen LogP contribution in [-0.4, -0.2) is 49.7 Å². The van der Waals surface area contributed by atoms with E-state index in [9.17, 15) is 9.90 Å². The summed E-state index contributed by atoms with van der Waals surface area (Å²) < 4.78 is 7.51. The third kappa shape index (κ3) is 4.05. The molecule has 5 rings (SSSR count). The van der Waals surface area contributed by atoms with Crippen LogP contribution in [0.5, 0.6) is 5.88 Å². The maximum Gasteiger partial charge on any atom is 0.238 e. The number of carbonyl (C=O) groups excluding carboxylic acids is 1. The van der Waals surface area contributed by atoms with Crippen molar-refractivity contribution in [3.8, 4) is 5.88 Å². The summed E-state index contributed by atoms with van der Waals surface area (Å²) in [6.07, 6.45) is 8.06. The van der Waals surface area contributed by atoms with Gasteiger partial charge in [-0.2, -0.15) is 9.61 Å². The molecular weight excluding hydrogens is 396 g/mol. The Morgan fingerprint density at radius 2 is 2.19 bits per heavy atom. The first kappa shape index (κ1) is 19.7. The highest BCUT2D eigenvalue weighted by Crippen LogP contribution is 2.33. The van der Waals surface area contributed by atoms with Gasteiger partial charge in [0, 0.05) is 25.7 Å². The van der Waals surface area contributed by atoms with Gasteiger partial charge in [0.25, 0.3) is 0 Å². The number of aromatic nitrogens is 4. The Hall–Kier alpha value is -3.20. The molecule has 9 heteroatoms. The van der Waals surface area contributed by atoms with E-state index in [1.165, 1.54) is 0 Å². The smallest absolute Gasteiger partial charge is 0.238 e. The van der Waals surface area contributed by atoms with Crippen LogP contribution in [0.2, 0.25) is 0 Å². The molecule has 0 spiro atoms. The molecule has 0 bridgehead atoms. The Bertz CT molecular complexity index is 1110. The van der Waals surface area contributed by atoms with Crippen LogP contribution < -0.4 is 15.4 Å². The van der Waals surface area contributed by atoms with Crippen LogP contribution in [0.1, 0.15) is 48.9 Å². The fourth-order valence-electron chi connectivity index (χ4n) is 4.07. The van der Waals surface area contributed by atoms with E-state index in [2.05, 4.69) is 25.7 Å². The van der Waals surface area contributed by atoms with Crippen molar-refractivity contribution in [3.63, 3.8) is 0 Å². The van der Waals surface area contributed by atoms with Crippen molar-refractivity contribution < 1.29 is 14.6 Å². The first-order valence-electron chi connectivity index (χ1n) is 10.8. The lowest BCUT2D eigenvalue weighted by Gasteiger charge is -2.14. The molecule has 0 unspecified atom stereocenters. The zero-order valence-electron chi connectivity index (χ0n) is 17.4. The lowest BCUT2D eigenvalue weighted by atomic mass is 9.96. The normalized spacial score (nSPS) is 20.7. The molecule has 3 aromatic rings. The Labute approximate surface area is 179 Å². The maximum atomic E-state index is 13.0. The van der Waals surface area contributed by atoms with Crippen LogP contribution in [0.3, 0.4) is 0 Å². The van der Waals surface area contributed by atoms with Crippen LogP contribution >= 0.6 is 0 Å². The molecule has 3 aromatic heterocycles. The molecule has 2 aliphatic carbocycles. The van der Waals surface area contributed by atoms with E-state index in [-0.39, 0.29) is 17.8 Å². The van der Waals surface area contributed by atoms with Crippen molar-refractivity contribution >= 4 is 28.8 Å². The monoisotopic (exact) mass is 422 g/mol. The molecule has 0 amide bonds. The minimum atomic E-state index is -0.403. The highest BCUT2D eigenvalue weighted by Gasteiger charge is 2.29. The standard InChI is InChI=1S/C22H26N6O3/c1-23-20-11-19(26-16-5-3-9-24-22(16)31-14-7-8-14)27-21-15(12-25-28(20)21)18(30)10-13-4-2-6-17(13)29/h3,5,9,11-14,17,23,29H,2,4,6-8,10H2,1H3,(H,26,27)/t13-,17+/m1/s1. The average molecular weight is 422 g/mol. The predicted octanol–water partition coefficient (Wildman–Crippen LogP) is 3.18. The average Bonchev–Trinajstić information content (AvgIpc) is 3.34. The number of hydrogen-bond acceptors (Lipinski definition) is 8. The molecule has 0 aromatic carbocycles. The number of anilines is 3. The summed E-state index contributed by atoms with van der Waals surface area (Å²) in [6.45, 7) is 0. The third-order valence-electron chi connectivity index (χ3n) is 5.93. The maximum absolute atomic E-state index is 13.0. The zero-order chi connectivity index (χ0) is 21.4. The van der Waals surface area contributed by atoms with E-state index >= 15 is 0 Å². The molecule has 2 saturated carbocycles. The van der Waals surface area contributed by atoms with Gasteiger partial charge in [0.2, 0.25) is 5.88 Å². The molecule has 2 atom stereocenters. The van der Waals surface area contributed by atoms with Crippen molar-refractivity contribution in [2.75, 3.05) is 17.7 Å². The number of rotatable bonds is 8. The number of ketones is 1. The highest BCUT2D eigenvalue weighted by atomic mass is 16.5. The molecule has 31 heavy (non-hydrogen) atoms. The molecule has 2 fully saturated rings. The van der Waals surface area contributed by atoms with Gasteiger partial charge < -0.3 is 20.5 Å². The quantitative estimate of drug-likeness (QED) is 0.474. The summed E-state index contributed by atoms with van der Waals surface area (Å²) in [6, 6.07) is 5.54. The van der Waals surface area contributed by atoms with Crippen LogP contribution in [0, 0.1) is 5.92 Å². The summed E-state index contributed by atoms with van der Waals surface area (Å²) in [5.74, 6) is 1.75. The van der Waals surface area contributed by atoms with Gasteiger partial charge in [-0.1, -0.05) is 6.42 Å². The predicted molar refractivity (Wildman–Crippen MR) is 116 cm³/mol. The van der Waals surface area contributed by atoms with Gasteiger partial charge in [0.05, 0.1) is 17.9 Å². The van der Waals surface area contributed by atoms with Crippen LogP contribution in [-0.2, 0) is 0 Å². The fraction of sp³-hybridized carbons (Fsp3) is 0.455. The summed E-state index contributed by atoms with van der Waals surface area (Å²) in [4.78, 5) is 22.0. The third-order valence-corrected chi connectivity index (χ3v) is 5.93. The second-order valence-electron chi connectivity index (χ2n) is 8.25. The lowest BCUT2D eigenvalue weighted by Crippen LogP contribution is -2.17. The van der Waals surface area contributed by atoms with Gasteiger partial charge in [0.1, 0.15) is 23.4 Å². The zero-order valence-corrected chi connectivity index (χ0v) is 17.4. The lowest BCUT2D eigenvalue weighted by molar-refractivity contribution is 0.0869. The van der Waals surface area contributed by atoms with Gasteiger partial charge in [-0.25, -0.2) is 9.97 Å². The van der Waals surface area contributed by atoms with E-state index in [0.717, 1.165) is 37.8 Å². The summed E-state index contributed by atoms with van der Waals surface area (Å²) in [7, 11) is 1.79. The van der Waals surface area contributed by atoms with Gasteiger partial charge in [0.15, 0.2) is 11.4 Å². The largest absolute Gasteiger partial charge is 0.473 e. The second kappa shape index (κ2) is 8.14. The van der Waals surface area contributed by atoms with E-state index in [0.29, 0.717) is 35.1 Å². The van der Waals surface area contributed by atoms with Crippen molar-refractivity contribution in [1.82, 2.24) is 19.6 Å². The number of pyridine rings is 1. The van der Waals surface area contributed by atoms with E-state index in [1.54, 1.807) is 24.0 Å². The molecule has 3 N–H and O–H groups in total. The van der Waals surface area contributed by atoms with Crippen molar-refractivity contribution in [2.24, 2.45) is 5.92 Å².